The topological polar surface area (TPSA) is 60.5 Å². The van der Waals surface area contributed by atoms with Gasteiger partial charge in [-0.05, 0) is 26.1 Å². The van der Waals surface area contributed by atoms with Gasteiger partial charge in [0.25, 0.3) is 0 Å². The Morgan fingerprint density at radius 1 is 1.28 bits per heavy atom. The molecule has 2 aliphatic rings. The second-order valence-electron chi connectivity index (χ2n) is 6.18. The van der Waals surface area contributed by atoms with Crippen LogP contribution in [-0.2, 0) is 11.3 Å². The summed E-state index contributed by atoms with van der Waals surface area (Å²) in [6.45, 7) is 6.38. The summed E-state index contributed by atoms with van der Waals surface area (Å²) in [5.74, 6) is 1.28. The normalized spacial score (nSPS) is 20.0. The van der Waals surface area contributed by atoms with Gasteiger partial charge in [0.05, 0.1) is 5.92 Å². The average Bonchev–Trinajstić information content (AvgIpc) is 3.08. The first-order valence-electron chi connectivity index (χ1n) is 8.10. The Hall–Kier alpha value is -0.790. The van der Waals surface area contributed by atoms with Crippen molar-refractivity contribution in [1.29, 1.82) is 0 Å². The number of amides is 1. The summed E-state index contributed by atoms with van der Waals surface area (Å²) in [5, 5.41) is 6.31. The number of likely N-dealkylation sites (N-methyl/N-ethyl adjacent to an activating group) is 1. The van der Waals surface area contributed by atoms with Crippen molar-refractivity contribution < 1.29 is 4.79 Å². The fraction of sp³-hybridized carbons (Fsp3) is 0.625. The van der Waals surface area contributed by atoms with Crippen molar-refractivity contribution in [1.82, 2.24) is 20.5 Å². The van der Waals surface area contributed by atoms with E-state index in [9.17, 15) is 4.79 Å². The van der Waals surface area contributed by atoms with Gasteiger partial charge in [-0.1, -0.05) is 6.07 Å². The smallest absolute Gasteiger partial charge is 0.224 e. The molecular formula is C16H28Cl3N5O. The third-order valence-corrected chi connectivity index (χ3v) is 4.55. The summed E-state index contributed by atoms with van der Waals surface area (Å²) in [4.78, 5) is 21.3. The van der Waals surface area contributed by atoms with Crippen LogP contribution in [0.25, 0.3) is 0 Å². The quantitative estimate of drug-likeness (QED) is 0.781. The molecule has 0 aromatic carbocycles. The predicted octanol–water partition coefficient (Wildman–Crippen LogP) is 1.32. The molecule has 1 atom stereocenters. The number of aromatic nitrogens is 1. The van der Waals surface area contributed by atoms with Crippen molar-refractivity contribution in [2.75, 3.05) is 51.2 Å². The SMILES string of the molecule is CN1CCN(c2ncccc2CNC(=O)C2CCNC2)CC1.Cl.Cl.Cl. The lowest BCUT2D eigenvalue weighted by Crippen LogP contribution is -2.45. The van der Waals surface area contributed by atoms with Gasteiger partial charge in [-0.2, -0.15) is 0 Å². The number of hydrogen-bond donors (Lipinski definition) is 2. The zero-order chi connectivity index (χ0) is 15.4. The van der Waals surface area contributed by atoms with E-state index in [1.54, 1.807) is 0 Å². The van der Waals surface area contributed by atoms with E-state index in [4.69, 9.17) is 0 Å². The van der Waals surface area contributed by atoms with E-state index in [0.717, 1.165) is 57.1 Å². The minimum Gasteiger partial charge on any atom is -0.354 e. The summed E-state index contributed by atoms with van der Waals surface area (Å²) < 4.78 is 0. The molecule has 0 saturated carbocycles. The van der Waals surface area contributed by atoms with E-state index in [2.05, 4.69) is 38.5 Å². The molecule has 9 heteroatoms. The third-order valence-electron chi connectivity index (χ3n) is 4.55. The lowest BCUT2D eigenvalue weighted by molar-refractivity contribution is -0.124. The van der Waals surface area contributed by atoms with Gasteiger partial charge in [-0.15, -0.1) is 37.2 Å². The maximum Gasteiger partial charge on any atom is 0.224 e. The van der Waals surface area contributed by atoms with Crippen molar-refractivity contribution in [3.05, 3.63) is 23.9 Å². The Labute approximate surface area is 168 Å². The molecule has 0 radical (unpaired) electrons. The molecule has 1 amide bonds. The number of pyridine rings is 1. The number of anilines is 1. The molecule has 2 aliphatic heterocycles. The Bertz CT molecular complexity index is 520. The molecule has 3 rings (SSSR count). The zero-order valence-electron chi connectivity index (χ0n) is 14.4. The molecule has 2 fully saturated rings. The molecule has 0 bridgehead atoms. The van der Waals surface area contributed by atoms with Crippen LogP contribution in [0, 0.1) is 5.92 Å². The highest BCUT2D eigenvalue weighted by Gasteiger charge is 2.23. The minimum atomic E-state index is 0. The van der Waals surface area contributed by atoms with E-state index >= 15 is 0 Å². The van der Waals surface area contributed by atoms with E-state index < -0.39 is 0 Å². The zero-order valence-corrected chi connectivity index (χ0v) is 16.9. The third kappa shape index (κ3) is 6.46. The van der Waals surface area contributed by atoms with Gasteiger partial charge in [0.2, 0.25) is 5.91 Å². The van der Waals surface area contributed by atoms with E-state index in [1.165, 1.54) is 0 Å². The van der Waals surface area contributed by atoms with Crippen LogP contribution in [0.4, 0.5) is 5.82 Å². The lowest BCUT2D eigenvalue weighted by Gasteiger charge is -2.34. The minimum absolute atomic E-state index is 0. The van der Waals surface area contributed by atoms with Gasteiger partial charge < -0.3 is 20.4 Å². The Morgan fingerprint density at radius 3 is 2.64 bits per heavy atom. The highest BCUT2D eigenvalue weighted by atomic mass is 35.5. The molecule has 25 heavy (non-hydrogen) atoms. The van der Waals surface area contributed by atoms with Crippen LogP contribution in [0.15, 0.2) is 18.3 Å². The van der Waals surface area contributed by atoms with Gasteiger partial charge in [0, 0.05) is 51.0 Å². The van der Waals surface area contributed by atoms with E-state index in [0.29, 0.717) is 6.54 Å². The number of nitrogens with one attached hydrogen (secondary N) is 2. The molecular weight excluding hydrogens is 385 g/mol. The van der Waals surface area contributed by atoms with Gasteiger partial charge >= 0.3 is 0 Å². The molecule has 2 saturated heterocycles. The Balaban J connectivity index is 0.00000192. The number of carbonyl (C=O) groups is 1. The lowest BCUT2D eigenvalue weighted by atomic mass is 10.1. The maximum absolute atomic E-state index is 12.2. The van der Waals surface area contributed by atoms with Crippen molar-refractivity contribution in [2.24, 2.45) is 5.92 Å². The predicted molar refractivity (Wildman–Crippen MR) is 109 cm³/mol. The maximum atomic E-state index is 12.2. The first kappa shape index (κ1) is 24.2. The van der Waals surface area contributed by atoms with Crippen molar-refractivity contribution >= 4 is 48.9 Å². The summed E-state index contributed by atoms with van der Waals surface area (Å²) in [6, 6.07) is 4.01. The standard InChI is InChI=1S/C16H25N5O.3ClH/c1-20-7-9-21(10-8-20)15-13(3-2-5-18-15)12-19-16(22)14-4-6-17-11-14;;;/h2-3,5,14,17H,4,6-12H2,1H3,(H,19,22);3*1H. The van der Waals surface area contributed by atoms with Crippen LogP contribution in [-0.4, -0.2) is 62.1 Å². The van der Waals surface area contributed by atoms with Crippen molar-refractivity contribution in [2.45, 2.75) is 13.0 Å². The summed E-state index contributed by atoms with van der Waals surface area (Å²) in [5.41, 5.74) is 1.10. The number of halogens is 3. The average molecular weight is 413 g/mol. The molecule has 3 heterocycles. The van der Waals surface area contributed by atoms with Crippen LogP contribution >= 0.6 is 37.2 Å². The molecule has 1 aromatic heterocycles. The fourth-order valence-corrected chi connectivity index (χ4v) is 3.08. The van der Waals surface area contributed by atoms with E-state index in [1.807, 2.05) is 12.3 Å². The van der Waals surface area contributed by atoms with Gasteiger partial charge in [0.1, 0.15) is 5.82 Å². The number of carbonyl (C=O) groups excluding carboxylic acids is 1. The highest BCUT2D eigenvalue weighted by molar-refractivity contribution is 5.86. The van der Waals surface area contributed by atoms with Gasteiger partial charge in [0.15, 0.2) is 0 Å². The largest absolute Gasteiger partial charge is 0.354 e. The molecule has 6 nitrogen and oxygen atoms in total. The summed E-state index contributed by atoms with van der Waals surface area (Å²) in [6.07, 6.45) is 2.77. The molecule has 144 valence electrons. The molecule has 1 aromatic rings. The van der Waals surface area contributed by atoms with Crippen molar-refractivity contribution in [3.63, 3.8) is 0 Å². The molecule has 1 unspecified atom stereocenters. The Morgan fingerprint density at radius 2 is 2.00 bits per heavy atom. The molecule has 0 spiro atoms. The van der Waals surface area contributed by atoms with Crippen LogP contribution in [0.3, 0.4) is 0 Å². The highest BCUT2D eigenvalue weighted by Crippen LogP contribution is 2.19. The van der Waals surface area contributed by atoms with Gasteiger partial charge in [-0.3, -0.25) is 4.79 Å². The van der Waals surface area contributed by atoms with Crippen molar-refractivity contribution in [3.8, 4) is 0 Å². The number of hydrogen-bond acceptors (Lipinski definition) is 5. The Kier molecular flexibility index (Phi) is 11.4. The molecule has 2 N–H and O–H groups in total. The van der Waals surface area contributed by atoms with Crippen LogP contribution in [0.1, 0.15) is 12.0 Å². The number of nitrogens with zero attached hydrogens (tertiary/aromatic N) is 3. The van der Waals surface area contributed by atoms with E-state index in [-0.39, 0.29) is 49.0 Å². The number of rotatable bonds is 4. The van der Waals surface area contributed by atoms with Crippen LogP contribution < -0.4 is 15.5 Å². The first-order valence-corrected chi connectivity index (χ1v) is 8.10. The fourth-order valence-electron chi connectivity index (χ4n) is 3.08. The second kappa shape index (κ2) is 11.8. The molecule has 0 aliphatic carbocycles. The summed E-state index contributed by atoms with van der Waals surface area (Å²) in [7, 11) is 2.15. The van der Waals surface area contributed by atoms with Gasteiger partial charge in [-0.25, -0.2) is 4.98 Å². The number of piperazine rings is 1. The van der Waals surface area contributed by atoms with Crippen LogP contribution in [0.5, 0.6) is 0 Å². The monoisotopic (exact) mass is 411 g/mol. The second-order valence-corrected chi connectivity index (χ2v) is 6.18. The summed E-state index contributed by atoms with van der Waals surface area (Å²) >= 11 is 0. The first-order chi connectivity index (χ1) is 10.7. The van der Waals surface area contributed by atoms with Crippen LogP contribution in [0.2, 0.25) is 0 Å².